The number of nitrogens with zero attached hydrogens (tertiary/aromatic N) is 1. The molecule has 0 aromatic carbocycles. The van der Waals surface area contributed by atoms with E-state index in [2.05, 4.69) is 10.2 Å². The molecular weight excluding hydrogens is 202 g/mol. The van der Waals surface area contributed by atoms with Gasteiger partial charge in [-0.2, -0.15) is 0 Å². The van der Waals surface area contributed by atoms with Crippen LogP contribution in [0.25, 0.3) is 0 Å². The van der Waals surface area contributed by atoms with Gasteiger partial charge in [0.2, 0.25) is 0 Å². The Morgan fingerprint density at radius 2 is 2.25 bits per heavy atom. The van der Waals surface area contributed by atoms with Crippen molar-refractivity contribution in [2.75, 3.05) is 33.2 Å². The second-order valence-electron chi connectivity index (χ2n) is 4.93. The van der Waals surface area contributed by atoms with E-state index in [4.69, 9.17) is 5.73 Å². The lowest BCUT2D eigenvalue weighted by atomic mass is 9.89. The predicted molar refractivity (Wildman–Crippen MR) is 67.4 cm³/mol. The molecule has 1 saturated heterocycles. The van der Waals surface area contributed by atoms with Gasteiger partial charge in [0.05, 0.1) is 6.10 Å². The van der Waals surface area contributed by atoms with E-state index in [0.29, 0.717) is 12.0 Å². The smallest absolute Gasteiger partial charge is 0.0540 e. The van der Waals surface area contributed by atoms with E-state index in [9.17, 15) is 5.11 Å². The Balaban J connectivity index is 2.43. The monoisotopic (exact) mass is 229 g/mol. The van der Waals surface area contributed by atoms with E-state index < -0.39 is 0 Å². The van der Waals surface area contributed by atoms with Gasteiger partial charge in [-0.05, 0) is 32.2 Å². The molecule has 0 bridgehead atoms. The molecule has 1 rings (SSSR count). The lowest BCUT2D eigenvalue weighted by Crippen LogP contribution is -2.50. The molecule has 0 spiro atoms. The van der Waals surface area contributed by atoms with E-state index in [1.165, 1.54) is 6.42 Å². The van der Waals surface area contributed by atoms with Crippen molar-refractivity contribution in [3.05, 3.63) is 0 Å². The van der Waals surface area contributed by atoms with Crippen LogP contribution in [-0.4, -0.2) is 55.4 Å². The van der Waals surface area contributed by atoms with Gasteiger partial charge in [-0.3, -0.25) is 0 Å². The Labute approximate surface area is 99.2 Å². The molecule has 1 aliphatic heterocycles. The van der Waals surface area contributed by atoms with Crippen LogP contribution < -0.4 is 11.1 Å². The van der Waals surface area contributed by atoms with Crippen LogP contribution in [0.3, 0.4) is 0 Å². The molecule has 0 aromatic rings. The van der Waals surface area contributed by atoms with Gasteiger partial charge < -0.3 is 21.1 Å². The van der Waals surface area contributed by atoms with Crippen molar-refractivity contribution in [1.29, 1.82) is 0 Å². The Morgan fingerprint density at radius 1 is 1.50 bits per heavy atom. The summed E-state index contributed by atoms with van der Waals surface area (Å²) in [6.45, 7) is 5.91. The van der Waals surface area contributed by atoms with Gasteiger partial charge in [0, 0.05) is 32.2 Å². The summed E-state index contributed by atoms with van der Waals surface area (Å²) in [6.07, 6.45) is 2.82. The van der Waals surface area contributed by atoms with Gasteiger partial charge in [-0.25, -0.2) is 0 Å². The second-order valence-corrected chi connectivity index (χ2v) is 4.93. The molecule has 96 valence electrons. The molecular formula is C12H27N3O. The third-order valence-electron chi connectivity index (χ3n) is 3.54. The van der Waals surface area contributed by atoms with E-state index in [1.807, 2.05) is 14.0 Å². The van der Waals surface area contributed by atoms with Crippen LogP contribution in [0.15, 0.2) is 0 Å². The van der Waals surface area contributed by atoms with Crippen molar-refractivity contribution in [2.45, 2.75) is 38.3 Å². The molecule has 16 heavy (non-hydrogen) atoms. The first kappa shape index (κ1) is 13.9. The molecule has 3 atom stereocenters. The number of rotatable bonds is 6. The van der Waals surface area contributed by atoms with E-state index in [-0.39, 0.29) is 6.10 Å². The lowest BCUT2D eigenvalue weighted by molar-refractivity contribution is 0.0868. The number of piperidine rings is 1. The van der Waals surface area contributed by atoms with Crippen molar-refractivity contribution in [3.63, 3.8) is 0 Å². The standard InChI is InChI=1S/C12H27N3O/c1-3-12(16)7-10-6-11(14-2)9-15(8-10)5-4-13/h10-12,14,16H,3-9,13H2,1-2H3. The third-order valence-corrected chi connectivity index (χ3v) is 3.54. The molecule has 4 nitrogen and oxygen atoms in total. The minimum atomic E-state index is -0.139. The molecule has 1 fully saturated rings. The van der Waals surface area contributed by atoms with Gasteiger partial charge in [0.25, 0.3) is 0 Å². The minimum Gasteiger partial charge on any atom is -0.393 e. The largest absolute Gasteiger partial charge is 0.393 e. The highest BCUT2D eigenvalue weighted by Gasteiger charge is 2.26. The number of hydrogen-bond donors (Lipinski definition) is 3. The molecule has 4 N–H and O–H groups in total. The number of aliphatic hydroxyl groups is 1. The van der Waals surface area contributed by atoms with E-state index in [0.717, 1.165) is 39.0 Å². The molecule has 1 heterocycles. The van der Waals surface area contributed by atoms with E-state index >= 15 is 0 Å². The molecule has 0 saturated carbocycles. The first-order chi connectivity index (χ1) is 7.69. The van der Waals surface area contributed by atoms with Gasteiger partial charge in [-0.1, -0.05) is 6.92 Å². The summed E-state index contributed by atoms with van der Waals surface area (Å²) in [4.78, 5) is 2.41. The normalized spacial score (nSPS) is 29.2. The van der Waals surface area contributed by atoms with Crippen LogP contribution in [0, 0.1) is 5.92 Å². The highest BCUT2D eigenvalue weighted by Crippen LogP contribution is 2.21. The van der Waals surface area contributed by atoms with Crippen molar-refractivity contribution < 1.29 is 5.11 Å². The minimum absolute atomic E-state index is 0.139. The number of nitrogens with two attached hydrogens (primary N) is 1. The van der Waals surface area contributed by atoms with Crippen LogP contribution in [-0.2, 0) is 0 Å². The van der Waals surface area contributed by atoms with Crippen molar-refractivity contribution in [3.8, 4) is 0 Å². The molecule has 0 aliphatic carbocycles. The quantitative estimate of drug-likeness (QED) is 0.601. The Morgan fingerprint density at radius 3 is 2.81 bits per heavy atom. The zero-order chi connectivity index (χ0) is 12.0. The SMILES string of the molecule is CCC(O)CC1CC(NC)CN(CCN)C1. The summed E-state index contributed by atoms with van der Waals surface area (Å²) < 4.78 is 0. The molecule has 0 amide bonds. The van der Waals surface area contributed by atoms with Crippen molar-refractivity contribution in [1.82, 2.24) is 10.2 Å². The van der Waals surface area contributed by atoms with E-state index in [1.54, 1.807) is 0 Å². The first-order valence-corrected chi connectivity index (χ1v) is 6.47. The maximum atomic E-state index is 9.72. The third kappa shape index (κ3) is 4.37. The summed E-state index contributed by atoms with van der Waals surface area (Å²) in [5.74, 6) is 0.604. The Bertz CT molecular complexity index is 187. The van der Waals surface area contributed by atoms with Crippen LogP contribution in [0.2, 0.25) is 0 Å². The van der Waals surface area contributed by atoms with Crippen LogP contribution in [0.1, 0.15) is 26.2 Å². The number of hydrogen-bond acceptors (Lipinski definition) is 4. The molecule has 0 aromatic heterocycles. The van der Waals surface area contributed by atoms with Crippen molar-refractivity contribution in [2.24, 2.45) is 11.7 Å². The van der Waals surface area contributed by atoms with Gasteiger partial charge in [-0.15, -0.1) is 0 Å². The second kappa shape index (κ2) is 7.22. The zero-order valence-electron chi connectivity index (χ0n) is 10.7. The van der Waals surface area contributed by atoms with Crippen LogP contribution >= 0.6 is 0 Å². The maximum Gasteiger partial charge on any atom is 0.0540 e. The van der Waals surface area contributed by atoms with Crippen molar-refractivity contribution >= 4 is 0 Å². The summed E-state index contributed by atoms with van der Waals surface area (Å²) >= 11 is 0. The first-order valence-electron chi connectivity index (χ1n) is 6.47. The maximum absolute atomic E-state index is 9.72. The molecule has 1 aliphatic rings. The molecule has 3 unspecified atom stereocenters. The van der Waals surface area contributed by atoms with Gasteiger partial charge in [0.1, 0.15) is 0 Å². The van der Waals surface area contributed by atoms with Gasteiger partial charge >= 0.3 is 0 Å². The average molecular weight is 229 g/mol. The highest BCUT2D eigenvalue weighted by molar-refractivity contribution is 4.83. The fourth-order valence-electron chi connectivity index (χ4n) is 2.60. The Hall–Kier alpha value is -0.160. The van der Waals surface area contributed by atoms with Crippen LogP contribution in [0.5, 0.6) is 0 Å². The highest BCUT2D eigenvalue weighted by atomic mass is 16.3. The summed E-state index contributed by atoms with van der Waals surface area (Å²) in [5, 5.41) is 13.1. The average Bonchev–Trinajstić information content (AvgIpc) is 2.29. The Kier molecular flexibility index (Phi) is 6.28. The number of likely N-dealkylation sites (tertiary alicyclic amines) is 1. The summed E-state index contributed by atoms with van der Waals surface area (Å²) in [7, 11) is 2.02. The molecule has 0 radical (unpaired) electrons. The predicted octanol–water partition coefficient (Wildman–Crippen LogP) is 0.0160. The van der Waals surface area contributed by atoms with Crippen LogP contribution in [0.4, 0.5) is 0 Å². The lowest BCUT2D eigenvalue weighted by Gasteiger charge is -2.38. The molecule has 4 heteroatoms. The summed E-state index contributed by atoms with van der Waals surface area (Å²) in [6, 6.07) is 0.550. The topological polar surface area (TPSA) is 61.5 Å². The zero-order valence-corrected chi connectivity index (χ0v) is 10.7. The number of aliphatic hydroxyl groups excluding tert-OH is 1. The summed E-state index contributed by atoms with van der Waals surface area (Å²) in [5.41, 5.74) is 5.61. The fraction of sp³-hybridized carbons (Fsp3) is 1.00. The number of nitrogens with one attached hydrogen (secondary N) is 1. The fourth-order valence-corrected chi connectivity index (χ4v) is 2.60. The van der Waals surface area contributed by atoms with Gasteiger partial charge in [0.15, 0.2) is 0 Å². The number of likely N-dealkylation sites (N-methyl/N-ethyl adjacent to an activating group) is 1.